The van der Waals surface area contributed by atoms with Crippen LogP contribution in [0.25, 0.3) is 22.0 Å². The first kappa shape index (κ1) is 9.85. The molecule has 0 amide bonds. The van der Waals surface area contributed by atoms with Crippen LogP contribution in [0, 0.1) is 0 Å². The Labute approximate surface area is 97.6 Å². The summed E-state index contributed by atoms with van der Waals surface area (Å²) >= 11 is 0. The van der Waals surface area contributed by atoms with Crippen molar-refractivity contribution < 1.29 is 0 Å². The van der Waals surface area contributed by atoms with Gasteiger partial charge < -0.3 is 0 Å². The van der Waals surface area contributed by atoms with Gasteiger partial charge in [0, 0.05) is 0 Å². The zero-order valence-corrected chi connectivity index (χ0v) is 11.0. The molecule has 16 heavy (non-hydrogen) atoms. The standard InChI is InChI=1S/C15H16Si/c1-16(2,3)14-10-12-8-4-6-11-7-5-9-13(14)15(11)12/h4-10H,1-3H3. The van der Waals surface area contributed by atoms with Crippen molar-refractivity contribution >= 4 is 30.1 Å². The molecule has 0 bridgehead atoms. The van der Waals surface area contributed by atoms with Crippen molar-refractivity contribution in [2.45, 2.75) is 19.6 Å². The average molecular weight is 224 g/mol. The summed E-state index contributed by atoms with van der Waals surface area (Å²) in [6.45, 7) is 7.26. The Hall–Kier alpha value is -1.34. The predicted molar refractivity (Wildman–Crippen MR) is 75.2 cm³/mol. The maximum atomic E-state index is 2.42. The van der Waals surface area contributed by atoms with Gasteiger partial charge in [0.05, 0.1) is 8.07 Å². The molecule has 0 N–H and O–H groups in total. The quantitative estimate of drug-likeness (QED) is 0.622. The van der Waals surface area contributed by atoms with E-state index in [4.69, 9.17) is 0 Å². The van der Waals surface area contributed by atoms with Gasteiger partial charge in [0.15, 0.2) is 0 Å². The van der Waals surface area contributed by atoms with Crippen LogP contribution >= 0.6 is 0 Å². The normalized spacial score (nSPS) is 14.3. The summed E-state index contributed by atoms with van der Waals surface area (Å²) in [4.78, 5) is 0. The first-order chi connectivity index (χ1) is 7.57. The topological polar surface area (TPSA) is 0 Å². The molecule has 2 aromatic rings. The predicted octanol–water partition coefficient (Wildman–Crippen LogP) is 4.57. The lowest BCUT2D eigenvalue weighted by molar-refractivity contribution is 1.69. The molecule has 0 radical (unpaired) electrons. The molecule has 1 heteroatoms. The second-order valence-corrected chi connectivity index (χ2v) is 10.6. The Morgan fingerprint density at radius 3 is 2.25 bits per heavy atom. The van der Waals surface area contributed by atoms with Crippen LogP contribution in [-0.4, -0.2) is 8.07 Å². The SMILES string of the molecule is C[Si](C)(C)C1=Cc2cccc3cccc1c23. The van der Waals surface area contributed by atoms with Crippen LogP contribution < -0.4 is 0 Å². The molecule has 0 spiro atoms. The van der Waals surface area contributed by atoms with Gasteiger partial charge in [-0.05, 0) is 21.9 Å². The highest BCUT2D eigenvalue weighted by atomic mass is 28.3. The fourth-order valence-corrected chi connectivity index (χ4v) is 4.17. The van der Waals surface area contributed by atoms with Gasteiger partial charge in [-0.2, -0.15) is 0 Å². The minimum absolute atomic E-state index is 1.24. The van der Waals surface area contributed by atoms with E-state index in [0.29, 0.717) is 0 Å². The van der Waals surface area contributed by atoms with Gasteiger partial charge in [-0.3, -0.25) is 0 Å². The van der Waals surface area contributed by atoms with E-state index in [1.807, 2.05) is 0 Å². The summed E-state index contributed by atoms with van der Waals surface area (Å²) in [5, 5.41) is 4.43. The molecule has 0 atom stereocenters. The van der Waals surface area contributed by atoms with Gasteiger partial charge in [-0.15, -0.1) is 0 Å². The number of hydrogen-bond acceptors (Lipinski definition) is 0. The van der Waals surface area contributed by atoms with Crippen molar-refractivity contribution in [1.29, 1.82) is 0 Å². The molecule has 0 fully saturated rings. The molecular weight excluding hydrogens is 208 g/mol. The second-order valence-electron chi connectivity index (χ2n) is 5.56. The fraction of sp³-hybridized carbons (Fsp3) is 0.200. The third kappa shape index (κ3) is 1.28. The molecule has 0 aromatic heterocycles. The van der Waals surface area contributed by atoms with E-state index in [2.05, 4.69) is 62.1 Å². The van der Waals surface area contributed by atoms with Crippen molar-refractivity contribution in [1.82, 2.24) is 0 Å². The molecule has 0 nitrogen and oxygen atoms in total. The molecule has 1 aliphatic carbocycles. The van der Waals surface area contributed by atoms with Crippen molar-refractivity contribution in [3.05, 3.63) is 47.5 Å². The van der Waals surface area contributed by atoms with Gasteiger partial charge >= 0.3 is 0 Å². The summed E-state index contributed by atoms with van der Waals surface area (Å²) < 4.78 is 0. The lowest BCUT2D eigenvalue weighted by Gasteiger charge is -2.19. The van der Waals surface area contributed by atoms with Crippen molar-refractivity contribution in [2.24, 2.45) is 0 Å². The number of benzene rings is 2. The second kappa shape index (κ2) is 3.08. The van der Waals surface area contributed by atoms with Gasteiger partial charge in [0.1, 0.15) is 0 Å². The Morgan fingerprint density at radius 1 is 0.875 bits per heavy atom. The monoisotopic (exact) mass is 224 g/mol. The van der Waals surface area contributed by atoms with Crippen LogP contribution in [0.4, 0.5) is 0 Å². The lowest BCUT2D eigenvalue weighted by atomic mass is 10.0. The number of rotatable bonds is 1. The molecule has 0 heterocycles. The van der Waals surface area contributed by atoms with Crippen molar-refractivity contribution in [2.75, 3.05) is 0 Å². The van der Waals surface area contributed by atoms with Crippen LogP contribution in [0.15, 0.2) is 36.4 Å². The van der Waals surface area contributed by atoms with Crippen molar-refractivity contribution in [3.63, 3.8) is 0 Å². The van der Waals surface area contributed by atoms with Crippen LogP contribution in [-0.2, 0) is 0 Å². The summed E-state index contributed by atoms with van der Waals surface area (Å²) in [7, 11) is -1.24. The fourth-order valence-electron chi connectivity index (χ4n) is 2.57. The van der Waals surface area contributed by atoms with E-state index in [9.17, 15) is 0 Å². The molecule has 3 rings (SSSR count). The minimum Gasteiger partial charge on any atom is -0.0656 e. The summed E-state index contributed by atoms with van der Waals surface area (Å²) in [5.74, 6) is 0. The van der Waals surface area contributed by atoms with E-state index in [1.54, 1.807) is 5.20 Å². The maximum Gasteiger partial charge on any atom is 0.0784 e. The number of hydrogen-bond donors (Lipinski definition) is 0. The Kier molecular flexibility index (Phi) is 1.90. The van der Waals surface area contributed by atoms with E-state index in [1.165, 1.54) is 21.9 Å². The first-order valence-corrected chi connectivity index (χ1v) is 9.32. The van der Waals surface area contributed by atoms with Crippen LogP contribution in [0.1, 0.15) is 11.1 Å². The first-order valence-electron chi connectivity index (χ1n) is 5.82. The summed E-state index contributed by atoms with van der Waals surface area (Å²) in [6, 6.07) is 13.3. The molecule has 0 saturated carbocycles. The zero-order chi connectivity index (χ0) is 11.3. The van der Waals surface area contributed by atoms with Gasteiger partial charge in [-0.25, -0.2) is 0 Å². The molecular formula is C15H16Si. The van der Waals surface area contributed by atoms with Gasteiger partial charge in [0.25, 0.3) is 0 Å². The van der Waals surface area contributed by atoms with E-state index < -0.39 is 8.07 Å². The highest BCUT2D eigenvalue weighted by molar-refractivity contribution is 6.95. The molecule has 80 valence electrons. The summed E-state index contributed by atoms with van der Waals surface area (Å²) in [6.07, 6.45) is 2.41. The van der Waals surface area contributed by atoms with E-state index in [0.717, 1.165) is 0 Å². The van der Waals surface area contributed by atoms with Crippen LogP contribution in [0.3, 0.4) is 0 Å². The lowest BCUT2D eigenvalue weighted by Crippen LogP contribution is -2.21. The average Bonchev–Trinajstić information content (AvgIpc) is 2.60. The largest absolute Gasteiger partial charge is 0.0784 e. The molecule has 0 saturated heterocycles. The molecule has 1 aliphatic rings. The Morgan fingerprint density at radius 2 is 1.56 bits per heavy atom. The Balaban J connectivity index is 2.38. The van der Waals surface area contributed by atoms with E-state index >= 15 is 0 Å². The highest BCUT2D eigenvalue weighted by Crippen LogP contribution is 2.40. The smallest absolute Gasteiger partial charge is 0.0656 e. The zero-order valence-electron chi connectivity index (χ0n) is 10.0. The van der Waals surface area contributed by atoms with Crippen LogP contribution in [0.5, 0.6) is 0 Å². The molecule has 0 aliphatic heterocycles. The Bertz CT molecular complexity index is 595. The maximum absolute atomic E-state index is 2.42. The third-order valence-corrected chi connectivity index (χ3v) is 5.36. The van der Waals surface area contributed by atoms with Crippen molar-refractivity contribution in [3.8, 4) is 0 Å². The molecule has 2 aromatic carbocycles. The third-order valence-electron chi connectivity index (χ3n) is 3.33. The highest BCUT2D eigenvalue weighted by Gasteiger charge is 2.26. The van der Waals surface area contributed by atoms with Gasteiger partial charge in [0.2, 0.25) is 0 Å². The summed E-state index contributed by atoms with van der Waals surface area (Å²) in [5.41, 5.74) is 2.89. The van der Waals surface area contributed by atoms with E-state index in [-0.39, 0.29) is 0 Å². The van der Waals surface area contributed by atoms with Crippen LogP contribution in [0.2, 0.25) is 19.6 Å². The minimum atomic E-state index is -1.24. The van der Waals surface area contributed by atoms with Gasteiger partial charge in [-0.1, -0.05) is 67.3 Å². The molecule has 0 unspecified atom stereocenters.